The van der Waals surface area contributed by atoms with Crippen LogP contribution in [0.25, 0.3) is 0 Å². The number of hydrogen-bond acceptors (Lipinski definition) is 19. The predicted octanol–water partition coefficient (Wildman–Crippen LogP) is 6.86. The first-order valence-corrected chi connectivity index (χ1v) is 24.9. The summed E-state index contributed by atoms with van der Waals surface area (Å²) in [7, 11) is 0. The molecule has 12 atom stereocenters. The Morgan fingerprint density at radius 3 is 0.912 bits per heavy atom. The normalized spacial score (nSPS) is 39.7. The first-order chi connectivity index (χ1) is 32.0. The van der Waals surface area contributed by atoms with Crippen LogP contribution in [0.4, 0.5) is 0 Å². The maximum absolute atomic E-state index is 11.8. The predicted molar refractivity (Wildman–Crippen MR) is 244 cm³/mol. The van der Waals surface area contributed by atoms with Gasteiger partial charge in [0.2, 0.25) is 0 Å². The number of ketones is 1. The van der Waals surface area contributed by atoms with Crippen LogP contribution in [0.5, 0.6) is 0 Å². The molecule has 0 spiro atoms. The lowest BCUT2D eigenvalue weighted by molar-refractivity contribution is -0.195. The van der Waals surface area contributed by atoms with Crippen molar-refractivity contribution in [2.45, 2.75) is 245 Å². The van der Waals surface area contributed by atoms with Crippen LogP contribution >= 0.6 is 0 Å². The third kappa shape index (κ3) is 16.3. The SMILES string of the molecule is CCC1(C)OCC(C2OC(C)(CC)OC2C2COC(C)(CC)O2)O1.CCOC(=O)CCC(C)=O.CCOC(=O)CCC1(C)OCC(C2OC(C)(CC)OC2C2COC(C)(CCC(=O)OCC)O2)O1.[H+]. The molecule has 68 heavy (non-hydrogen) atoms. The van der Waals surface area contributed by atoms with E-state index in [1.165, 1.54) is 6.92 Å². The second kappa shape index (κ2) is 25.3. The summed E-state index contributed by atoms with van der Waals surface area (Å²) in [5.74, 6) is -5.19. The fourth-order valence-corrected chi connectivity index (χ4v) is 8.46. The summed E-state index contributed by atoms with van der Waals surface area (Å²) in [5, 5.41) is 0. The van der Waals surface area contributed by atoms with Crippen LogP contribution in [0, 0.1) is 0 Å². The fourth-order valence-electron chi connectivity index (χ4n) is 8.46. The topological polar surface area (TPSA) is 207 Å². The number of esters is 3. The van der Waals surface area contributed by atoms with E-state index in [0.29, 0.717) is 71.9 Å². The second-order valence-corrected chi connectivity index (χ2v) is 19.0. The highest BCUT2D eigenvalue weighted by atomic mass is 16.8. The molecule has 0 aromatic rings. The minimum Gasteiger partial charge on any atom is -0.466 e. The number of ether oxygens (including phenoxy) is 15. The Hall–Kier alpha value is -2.40. The van der Waals surface area contributed by atoms with E-state index in [1.54, 1.807) is 20.8 Å². The van der Waals surface area contributed by atoms with E-state index < -0.39 is 59.1 Å². The van der Waals surface area contributed by atoms with Gasteiger partial charge in [-0.25, -0.2) is 0 Å². The standard InChI is InChI=1S/C24H40O10.C18H32O6.C7H12O3/c1-7-22(4)33-20(16-14-29-23(5,31-16)12-10-18(25)27-8-2)21(34-22)17-15-30-24(6,32-17)13-11-19(26)28-9-3;1-7-16(4)19-10-12(21-16)14-15(24-18(6,9-3)23-14)13-11-20-17(5,8-2)22-13;1-3-10-7(9)5-4-6(2)8/h16-17,20-21H,7-15H2,1-6H3;12-15H,7-11H2,1-6H3;3-5H2,1-2H3/p+1. The smallest absolute Gasteiger partial charge is 0.466 e. The van der Waals surface area contributed by atoms with Crippen molar-refractivity contribution in [3.63, 3.8) is 0 Å². The molecule has 0 bridgehead atoms. The Kier molecular flexibility index (Phi) is 21.7. The molecule has 0 radical (unpaired) electrons. The highest BCUT2D eigenvalue weighted by molar-refractivity contribution is 5.80. The summed E-state index contributed by atoms with van der Waals surface area (Å²) in [4.78, 5) is 44.5. The number of carbonyl (C=O) groups excluding carboxylic acids is 4. The molecule has 6 heterocycles. The summed E-state index contributed by atoms with van der Waals surface area (Å²) >= 11 is 0. The first-order valence-electron chi connectivity index (χ1n) is 24.9. The van der Waals surface area contributed by atoms with Gasteiger partial charge < -0.3 is 75.8 Å². The lowest BCUT2D eigenvalue weighted by atomic mass is 10.0. The highest BCUT2D eigenvalue weighted by Gasteiger charge is 2.58. The Bertz CT molecular complexity index is 1550. The van der Waals surface area contributed by atoms with Crippen LogP contribution < -0.4 is 0 Å². The van der Waals surface area contributed by atoms with Gasteiger partial charge in [-0.05, 0) is 94.9 Å². The highest BCUT2D eigenvalue weighted by Crippen LogP contribution is 2.44. The van der Waals surface area contributed by atoms with E-state index >= 15 is 0 Å². The fraction of sp³-hybridized carbons (Fsp3) is 0.918. The van der Waals surface area contributed by atoms with Crippen LogP contribution in [0.3, 0.4) is 0 Å². The van der Waals surface area contributed by atoms with Crippen molar-refractivity contribution in [3.8, 4) is 0 Å². The van der Waals surface area contributed by atoms with Crippen LogP contribution in [0.2, 0.25) is 0 Å². The molecule has 6 aliphatic heterocycles. The molecule has 0 amide bonds. The van der Waals surface area contributed by atoms with Crippen LogP contribution in [0.1, 0.15) is 163 Å². The molecule has 0 aromatic heterocycles. The van der Waals surface area contributed by atoms with E-state index in [4.69, 9.17) is 66.3 Å². The number of carbonyl (C=O) groups is 4. The molecule has 0 aromatic carbocycles. The molecule has 0 N–H and O–H groups in total. The summed E-state index contributed by atoms with van der Waals surface area (Å²) in [5.41, 5.74) is 0. The third-order valence-electron chi connectivity index (χ3n) is 13.2. The zero-order valence-electron chi connectivity index (χ0n) is 44.4. The Morgan fingerprint density at radius 2 is 0.662 bits per heavy atom. The molecule has 6 rings (SSSR count). The lowest BCUT2D eigenvalue weighted by Crippen LogP contribution is -2.45. The Labute approximate surface area is 405 Å². The minimum absolute atomic E-state index is 0. The molecule has 394 valence electrons. The van der Waals surface area contributed by atoms with E-state index in [0.717, 1.165) is 19.3 Å². The van der Waals surface area contributed by atoms with Gasteiger partial charge >= 0.3 is 19.3 Å². The summed E-state index contributed by atoms with van der Waals surface area (Å²) in [6.45, 7) is 29.1. The van der Waals surface area contributed by atoms with Crippen molar-refractivity contribution in [1.29, 1.82) is 0 Å². The molecule has 12 unspecified atom stereocenters. The molecule has 19 heteroatoms. The molecule has 0 saturated carbocycles. The van der Waals surface area contributed by atoms with Crippen molar-refractivity contribution in [1.82, 2.24) is 0 Å². The van der Waals surface area contributed by atoms with Crippen molar-refractivity contribution < 1.29 is 91.7 Å². The van der Waals surface area contributed by atoms with Gasteiger partial charge in [0.1, 0.15) is 54.6 Å². The van der Waals surface area contributed by atoms with Gasteiger partial charge in [-0.3, -0.25) is 14.4 Å². The van der Waals surface area contributed by atoms with E-state index in [-0.39, 0.29) is 68.8 Å². The molecular formula is C49H85O19+. The average Bonchev–Trinajstić information content (AvgIpc) is 4.17. The molecule has 6 aliphatic rings. The Balaban J connectivity index is 0.000000312. The number of hydrogen-bond donors (Lipinski definition) is 0. The molecule has 6 fully saturated rings. The van der Waals surface area contributed by atoms with Gasteiger partial charge in [0.05, 0.1) is 65.5 Å². The molecule has 0 aliphatic carbocycles. The summed E-state index contributed by atoms with van der Waals surface area (Å²) < 4.78 is 88.3. The Morgan fingerprint density at radius 1 is 0.397 bits per heavy atom. The number of rotatable bonds is 20. The molecule has 19 nitrogen and oxygen atoms in total. The van der Waals surface area contributed by atoms with Crippen LogP contribution in [0.15, 0.2) is 0 Å². The van der Waals surface area contributed by atoms with Gasteiger partial charge in [-0.1, -0.05) is 27.7 Å². The maximum Gasteiger partial charge on any atom is 1.00 e. The van der Waals surface area contributed by atoms with Gasteiger partial charge in [-0.2, -0.15) is 0 Å². The van der Waals surface area contributed by atoms with E-state index in [1.807, 2.05) is 48.5 Å². The maximum atomic E-state index is 11.8. The lowest BCUT2D eigenvalue weighted by Gasteiger charge is -2.28. The number of Topliss-reactive ketones (excluding diaryl/α,β-unsaturated/α-hetero) is 1. The van der Waals surface area contributed by atoms with Crippen LogP contribution in [-0.2, 0) is 90.2 Å². The van der Waals surface area contributed by atoms with Crippen molar-refractivity contribution in [2.24, 2.45) is 0 Å². The third-order valence-corrected chi connectivity index (χ3v) is 13.2. The van der Waals surface area contributed by atoms with Crippen molar-refractivity contribution in [3.05, 3.63) is 0 Å². The van der Waals surface area contributed by atoms with E-state index in [9.17, 15) is 19.2 Å². The summed E-state index contributed by atoms with van der Waals surface area (Å²) in [6, 6.07) is 0. The quantitative estimate of drug-likeness (QED) is 0.0902. The first kappa shape index (κ1) is 58.2. The van der Waals surface area contributed by atoms with Crippen LogP contribution in [-0.4, -0.2) is 153 Å². The summed E-state index contributed by atoms with van der Waals surface area (Å²) in [6.07, 6.45) is 2.17. The van der Waals surface area contributed by atoms with Crippen molar-refractivity contribution >= 4 is 23.7 Å². The molecular weight excluding hydrogens is 893 g/mol. The van der Waals surface area contributed by atoms with E-state index in [2.05, 4.69) is 25.5 Å². The monoisotopic (exact) mass is 978 g/mol. The second-order valence-electron chi connectivity index (χ2n) is 19.0. The van der Waals surface area contributed by atoms with Gasteiger partial charge in [-0.15, -0.1) is 0 Å². The van der Waals surface area contributed by atoms with Gasteiger partial charge in [0.15, 0.2) is 34.7 Å². The molecule has 6 saturated heterocycles. The largest absolute Gasteiger partial charge is 1.00 e. The van der Waals surface area contributed by atoms with Gasteiger partial charge in [0, 0.05) is 19.3 Å². The zero-order chi connectivity index (χ0) is 50.6. The minimum atomic E-state index is -0.919. The van der Waals surface area contributed by atoms with Gasteiger partial charge in [0.25, 0.3) is 0 Å². The van der Waals surface area contributed by atoms with Crippen molar-refractivity contribution in [2.75, 3.05) is 46.2 Å². The zero-order valence-corrected chi connectivity index (χ0v) is 43.4. The average molecular weight is 978 g/mol.